The molecule has 0 atom stereocenters. The molecule has 9 heterocycles. The molecule has 0 N–H and O–H groups in total. The van der Waals surface area contributed by atoms with Crippen LogP contribution in [-0.2, 0) is 33.5 Å². The van der Waals surface area contributed by atoms with Gasteiger partial charge in [-0.2, -0.15) is 17.5 Å². The maximum absolute atomic E-state index is 6.69. The maximum Gasteiger partial charge on any atom is -0.0134 e. The maximum atomic E-state index is 6.69. The number of hydrogen-bond donors (Lipinski definition) is 0. The molecule has 17 rings (SSSR count). The standard InChI is InChI=1S/C35H44N2OS4.C19H23BrN2OS2.2C18H15P.C16H22S2.C4H8O.2ClH.Pd/c1-4-6-8-10-12-14-17-26-19-20-27(40-26)28-21-22-30(41-28)32-34-33(36-42-37-34)31(29-18-16-24-39-29)25(3)35(32)38-23-15-13-11-9-7-5-2;1-3-4-5-6-7-8-11-23-19-13(2)15(14-10-9-12-24-14)17-18(16(19)20)22-25-21-17;2*1-4-10-16(11-5-1)19(17-12-6-2-7-13-17)18-14-8-3-9-15-18;1-2-3-4-5-6-7-9-14-11-12-16(18-14)15-10-8-13-17-15;1-2-4-5-3-1;;;/h16,18-22,24H,4-15,17,23H2,1-3H3;9-10,12H,3-8,11H2,1-2H3;2*1-15H;8,10-13H,2-7,9H2,1H3;1-4H2;2*1H;/q;;;;;;;;+2/p-2. The Morgan fingerprint density at radius 1 is 0.321 bits per heavy atom. The molecule has 0 bridgehead atoms. The van der Waals surface area contributed by atoms with Crippen molar-refractivity contribution in [2.24, 2.45) is 0 Å². The van der Waals surface area contributed by atoms with E-state index in [1.165, 1.54) is 272 Å². The van der Waals surface area contributed by atoms with Crippen molar-refractivity contribution in [3.8, 4) is 62.3 Å². The number of thiophene rings is 6. The number of rotatable bonds is 41. The molecule has 21 heteroatoms. The molecule has 1 fully saturated rings. The Hall–Kier alpha value is -6.26. The molecule has 131 heavy (non-hydrogen) atoms. The molecule has 1 aliphatic rings. The van der Waals surface area contributed by atoms with Crippen molar-refractivity contribution in [3.05, 3.63) is 296 Å². The van der Waals surface area contributed by atoms with Crippen LogP contribution in [-0.4, -0.2) is 43.9 Å². The second kappa shape index (κ2) is 61.8. The van der Waals surface area contributed by atoms with Crippen LogP contribution < -0.4 is 41.3 Å². The monoisotopic (exact) mass is 2120 g/mol. The van der Waals surface area contributed by atoms with Gasteiger partial charge in [-0.3, -0.25) is 0 Å². The van der Waals surface area contributed by atoms with Crippen LogP contribution in [0.3, 0.4) is 0 Å². The van der Waals surface area contributed by atoms with Crippen LogP contribution in [0.15, 0.2) is 275 Å². The predicted octanol–water partition coefficient (Wildman–Crippen LogP) is 35.5. The molecule has 8 aromatic heterocycles. The zero-order chi connectivity index (χ0) is 91.5. The Labute approximate surface area is 841 Å². The van der Waals surface area contributed by atoms with Gasteiger partial charge in [0.25, 0.3) is 0 Å². The van der Waals surface area contributed by atoms with E-state index in [1.54, 1.807) is 27.6 Å². The minimum absolute atomic E-state index is 0.106. The zero-order valence-electron chi connectivity index (χ0n) is 76.7. The largest absolute Gasteiger partial charge is 0.0622 e. The number of aryl methyl sites for hydroxylation is 2. The smallest absolute Gasteiger partial charge is 0.0134 e. The molecule has 1 aliphatic heterocycles. The first kappa shape index (κ1) is 105. The summed E-state index contributed by atoms with van der Waals surface area (Å²) >= 11 is 17.3. The van der Waals surface area contributed by atoms with Gasteiger partial charge in [-0.15, -0.1) is 68.0 Å². The Balaban J connectivity index is 0.000000161. The summed E-state index contributed by atoms with van der Waals surface area (Å²) in [6.07, 6.45) is 36.5. The normalized spacial score (nSPS) is 11.5. The Bertz CT molecular complexity index is 5370. The van der Waals surface area contributed by atoms with Gasteiger partial charge in [0.2, 0.25) is 0 Å². The number of hydrogen-bond acceptors (Lipinski definition) is 15. The van der Waals surface area contributed by atoms with Crippen LogP contribution in [0.25, 0.3) is 72.9 Å². The van der Waals surface area contributed by atoms with E-state index in [0.717, 1.165) is 94.0 Å². The predicted molar refractivity (Wildman–Crippen MR) is 587 cm³/mol. The fourth-order valence-corrected chi connectivity index (χ4v) is 27.9. The van der Waals surface area contributed by atoms with Crippen molar-refractivity contribution in [2.75, 3.05) is 26.4 Å². The number of unbranched alkanes of at least 4 members (excludes halogenated alkanes) is 20. The number of fused-ring (bicyclic) bond motifs is 2. The molecule has 0 spiro atoms. The van der Waals surface area contributed by atoms with Crippen LogP contribution >= 0.6 is 142 Å². The molecule has 0 saturated carbocycles. The molecule has 7 nitrogen and oxygen atoms in total. The average molecular weight is 2130 g/mol. The average Bonchev–Trinajstić information content (AvgIpc) is 1.59. The van der Waals surface area contributed by atoms with Gasteiger partial charge in [0.05, 0.1) is 46.7 Å². The molecule has 16 aromatic rings. The van der Waals surface area contributed by atoms with E-state index in [-0.39, 0.29) is 15.9 Å². The topological polar surface area (TPSA) is 79.2 Å². The summed E-state index contributed by atoms with van der Waals surface area (Å²) in [5.74, 6) is 1.90. The van der Waals surface area contributed by atoms with E-state index in [2.05, 4.69) is 337 Å². The number of aromatic nitrogens is 4. The first-order chi connectivity index (χ1) is 64.7. The molecular formula is C110H127BrCl2N4O3P2PdS8. The Kier molecular flexibility index (Phi) is 49.6. The van der Waals surface area contributed by atoms with Crippen molar-refractivity contribution < 1.29 is 30.2 Å². The number of ether oxygens (including phenoxy) is 3. The van der Waals surface area contributed by atoms with Gasteiger partial charge >= 0.3 is 35.0 Å². The van der Waals surface area contributed by atoms with Gasteiger partial charge in [-0.1, -0.05) is 356 Å². The first-order valence-corrected chi connectivity index (χ1v) is 60.9. The Morgan fingerprint density at radius 2 is 0.618 bits per heavy atom. The van der Waals surface area contributed by atoms with Crippen LogP contribution in [0.4, 0.5) is 0 Å². The number of halogens is 3. The van der Waals surface area contributed by atoms with E-state index in [4.69, 9.17) is 42.0 Å². The van der Waals surface area contributed by atoms with Gasteiger partial charge < -0.3 is 14.2 Å². The summed E-state index contributed by atoms with van der Waals surface area (Å²) in [7, 11) is 8.74. The second-order valence-corrected chi connectivity index (χ2v) is 47.1. The van der Waals surface area contributed by atoms with Gasteiger partial charge in [-0.05, 0) is 200 Å². The summed E-state index contributed by atoms with van der Waals surface area (Å²) in [4.78, 5) is 12.2. The van der Waals surface area contributed by atoms with Crippen LogP contribution in [0.5, 0.6) is 11.5 Å². The fraction of sp³-hybridized carbons (Fsp3) is 0.345. The third-order valence-corrected chi connectivity index (χ3v) is 35.5. The Morgan fingerprint density at radius 3 is 0.977 bits per heavy atom. The van der Waals surface area contributed by atoms with Crippen LogP contribution in [0.2, 0.25) is 0 Å². The van der Waals surface area contributed by atoms with Crippen molar-refractivity contribution in [1.82, 2.24) is 17.5 Å². The molecule has 0 unspecified atom stereocenters. The molecule has 0 aliphatic carbocycles. The summed E-state index contributed by atoms with van der Waals surface area (Å²) in [6, 6.07) is 91.3. The first-order valence-electron chi connectivity index (χ1n) is 46.8. The fourth-order valence-electron chi connectivity index (χ4n) is 15.6. The van der Waals surface area contributed by atoms with Crippen molar-refractivity contribution >= 4 is 196 Å². The van der Waals surface area contributed by atoms with E-state index >= 15 is 0 Å². The summed E-state index contributed by atoms with van der Waals surface area (Å²) in [5.41, 5.74) is 9.57. The van der Waals surface area contributed by atoms with E-state index in [1.807, 2.05) is 45.3 Å². The molecular weight excluding hydrogens is 2000 g/mol. The second-order valence-electron chi connectivity index (χ2n) is 32.2. The summed E-state index contributed by atoms with van der Waals surface area (Å²) in [6.45, 7) is 16.9. The van der Waals surface area contributed by atoms with E-state index < -0.39 is 15.8 Å². The van der Waals surface area contributed by atoms with Gasteiger partial charge in [-0.25, -0.2) is 0 Å². The van der Waals surface area contributed by atoms with Crippen molar-refractivity contribution in [2.45, 2.75) is 221 Å². The van der Waals surface area contributed by atoms with Crippen LogP contribution in [0, 0.1) is 13.8 Å². The SMILES string of the molecule is C1CCOC1.CCCCCCCCOc1c(C)c(-c2cccs2)c2nsnc2c1-c1ccc(-c2ccc(CCCCCCCC)s2)s1.CCCCCCCCOc1c(C)c(-c2cccs2)c2nsnc2c1Br.CCCCCCCCc1ccc(-c2cccs2)s1.[Cl][Pd][Cl].c1ccc(P(c2ccccc2)c2ccccc2)cc1.c1ccc(P(c2ccccc2)c2ccccc2)cc1. The van der Waals surface area contributed by atoms with Crippen LogP contribution in [0.1, 0.15) is 216 Å². The van der Waals surface area contributed by atoms with Crippen molar-refractivity contribution in [1.29, 1.82) is 0 Å². The quantitative estimate of drug-likeness (QED) is 0.0215. The minimum Gasteiger partial charge on any atom is -0.0622 e. The van der Waals surface area contributed by atoms with E-state index in [9.17, 15) is 0 Å². The van der Waals surface area contributed by atoms with Crippen molar-refractivity contribution in [3.63, 3.8) is 0 Å². The molecule has 694 valence electrons. The minimum atomic E-state index is -0.446. The number of nitrogens with zero attached hydrogens (tertiary/aromatic N) is 4. The third-order valence-electron chi connectivity index (χ3n) is 22.4. The molecule has 1 saturated heterocycles. The molecule has 0 radical (unpaired) electrons. The van der Waals surface area contributed by atoms with Gasteiger partial charge in [0.1, 0.15) is 33.6 Å². The van der Waals surface area contributed by atoms with Gasteiger partial charge in [0.15, 0.2) is 0 Å². The zero-order valence-corrected chi connectivity index (χ0v) is 89.7. The third kappa shape index (κ3) is 33.9. The number of benzene rings is 8. The molecule has 0 amide bonds. The summed E-state index contributed by atoms with van der Waals surface area (Å²) < 4.78 is 37.4. The molecule has 8 aromatic carbocycles. The van der Waals surface area contributed by atoms with E-state index in [0.29, 0.717) is 0 Å². The van der Waals surface area contributed by atoms with Gasteiger partial charge in [0, 0.05) is 79.4 Å². The summed E-state index contributed by atoms with van der Waals surface area (Å²) in [5, 5.41) is 14.8.